The van der Waals surface area contributed by atoms with Gasteiger partial charge in [0.05, 0.1) is 6.54 Å². The van der Waals surface area contributed by atoms with Crippen LogP contribution in [0.15, 0.2) is 41.4 Å². The largest absolute Gasteiger partial charge is 0.351 e. The Balaban J connectivity index is 2.06. The fourth-order valence-electron chi connectivity index (χ4n) is 2.35. The van der Waals surface area contributed by atoms with Crippen molar-refractivity contribution >= 4 is 5.96 Å². The van der Waals surface area contributed by atoms with Crippen molar-refractivity contribution in [2.24, 2.45) is 4.99 Å². The molecule has 142 valence electrons. The molecule has 4 nitrogen and oxygen atoms in total. The van der Waals surface area contributed by atoms with Crippen LogP contribution in [0.3, 0.4) is 0 Å². The first-order valence-electron chi connectivity index (χ1n) is 8.37. The molecule has 7 heteroatoms. The predicted molar refractivity (Wildman–Crippen MR) is 98.2 cm³/mol. The van der Waals surface area contributed by atoms with Gasteiger partial charge in [-0.3, -0.25) is 5.32 Å². The first kappa shape index (κ1) is 20.3. The summed E-state index contributed by atoms with van der Waals surface area (Å²) in [6, 6.07) is 9.92. The Morgan fingerprint density at radius 2 is 1.70 bits per heavy atom. The second-order valence-corrected chi connectivity index (χ2v) is 7.04. The van der Waals surface area contributed by atoms with E-state index in [-0.39, 0.29) is 23.5 Å². The molecule has 0 fully saturated rings. The van der Waals surface area contributed by atoms with E-state index in [1.165, 1.54) is 5.56 Å². The van der Waals surface area contributed by atoms with Crippen LogP contribution in [-0.4, -0.2) is 5.96 Å². The maximum atomic E-state index is 13.7. The van der Waals surface area contributed by atoms with E-state index >= 15 is 0 Å². The van der Waals surface area contributed by atoms with E-state index < -0.39 is 17.5 Å². The lowest BCUT2D eigenvalue weighted by atomic mass is 9.87. The summed E-state index contributed by atoms with van der Waals surface area (Å²) in [5.74, 6) is -3.93. The third-order valence-corrected chi connectivity index (χ3v) is 3.98. The van der Waals surface area contributed by atoms with Crippen molar-refractivity contribution in [3.05, 3.63) is 70.5 Å². The van der Waals surface area contributed by atoms with Crippen LogP contribution in [0.25, 0.3) is 0 Å². The Hall–Kier alpha value is -3.01. The molecular formula is C20H21F3N4. The summed E-state index contributed by atoms with van der Waals surface area (Å²) in [5.41, 5.74) is 2.10. The number of benzene rings is 2. The zero-order chi connectivity index (χ0) is 20.0. The third-order valence-electron chi connectivity index (χ3n) is 3.98. The van der Waals surface area contributed by atoms with Crippen LogP contribution in [0, 0.1) is 28.9 Å². The molecule has 0 heterocycles. The highest BCUT2D eigenvalue weighted by Crippen LogP contribution is 2.22. The zero-order valence-electron chi connectivity index (χ0n) is 15.4. The Kier molecular flexibility index (Phi) is 6.45. The van der Waals surface area contributed by atoms with Gasteiger partial charge in [-0.25, -0.2) is 18.2 Å². The van der Waals surface area contributed by atoms with Crippen LogP contribution in [-0.2, 0) is 18.5 Å². The van der Waals surface area contributed by atoms with E-state index in [0.717, 1.165) is 17.7 Å². The monoisotopic (exact) mass is 374 g/mol. The first-order valence-corrected chi connectivity index (χ1v) is 8.37. The highest BCUT2D eigenvalue weighted by Gasteiger charge is 2.14. The van der Waals surface area contributed by atoms with E-state index in [4.69, 9.17) is 5.26 Å². The van der Waals surface area contributed by atoms with E-state index in [1.54, 1.807) is 6.19 Å². The Bertz CT molecular complexity index is 863. The van der Waals surface area contributed by atoms with Gasteiger partial charge in [-0.05, 0) is 22.6 Å². The van der Waals surface area contributed by atoms with Crippen molar-refractivity contribution in [3.63, 3.8) is 0 Å². The maximum absolute atomic E-state index is 13.7. The maximum Gasteiger partial charge on any atom is 0.205 e. The van der Waals surface area contributed by atoms with E-state index in [9.17, 15) is 13.2 Å². The van der Waals surface area contributed by atoms with Crippen LogP contribution in [0.2, 0.25) is 0 Å². The molecule has 2 aromatic rings. The van der Waals surface area contributed by atoms with Gasteiger partial charge in [-0.2, -0.15) is 5.26 Å². The summed E-state index contributed by atoms with van der Waals surface area (Å²) in [5, 5.41) is 13.9. The second kappa shape index (κ2) is 8.58. The molecule has 0 saturated carbocycles. The molecule has 2 rings (SSSR count). The minimum Gasteiger partial charge on any atom is -0.351 e. The molecule has 0 radical (unpaired) electrons. The molecule has 0 aliphatic carbocycles. The van der Waals surface area contributed by atoms with Gasteiger partial charge in [0.15, 0.2) is 23.6 Å². The van der Waals surface area contributed by atoms with Crippen LogP contribution in [0.4, 0.5) is 13.2 Å². The summed E-state index contributed by atoms with van der Waals surface area (Å²) in [6.45, 7) is 6.50. The standard InChI is InChI=1S/C20H21F3N4/c1-20(2,3)15-7-4-13(5-8-15)10-25-19(27-12-24)26-11-14-6-9-16(21)18(23)17(14)22/h4-9H,10-11H2,1-3H3,(H2,25,26,27). The van der Waals surface area contributed by atoms with Gasteiger partial charge in [0.25, 0.3) is 0 Å². The van der Waals surface area contributed by atoms with E-state index in [0.29, 0.717) is 6.54 Å². The van der Waals surface area contributed by atoms with Crippen LogP contribution < -0.4 is 10.6 Å². The van der Waals surface area contributed by atoms with Crippen LogP contribution in [0.1, 0.15) is 37.5 Å². The molecule has 0 aromatic heterocycles. The average molecular weight is 374 g/mol. The van der Waals surface area contributed by atoms with Gasteiger partial charge in [-0.15, -0.1) is 0 Å². The number of guanidine groups is 1. The fourth-order valence-corrected chi connectivity index (χ4v) is 2.35. The number of hydrogen-bond donors (Lipinski definition) is 2. The molecule has 0 aliphatic heterocycles. The molecule has 2 N–H and O–H groups in total. The number of rotatable bonds is 4. The molecular weight excluding hydrogens is 353 g/mol. The van der Waals surface area contributed by atoms with Crippen molar-refractivity contribution in [3.8, 4) is 6.19 Å². The highest BCUT2D eigenvalue weighted by atomic mass is 19.2. The van der Waals surface area contributed by atoms with Crippen molar-refractivity contribution in [2.45, 2.75) is 39.3 Å². The molecule has 27 heavy (non-hydrogen) atoms. The molecule has 2 aromatic carbocycles. The minimum atomic E-state index is -1.53. The summed E-state index contributed by atoms with van der Waals surface area (Å²) < 4.78 is 40.0. The van der Waals surface area contributed by atoms with Gasteiger partial charge in [0.2, 0.25) is 5.96 Å². The Labute approximate surface area is 156 Å². The van der Waals surface area contributed by atoms with E-state index in [2.05, 4.69) is 36.4 Å². The smallest absolute Gasteiger partial charge is 0.205 e. The summed E-state index contributed by atoms with van der Waals surface area (Å²) in [4.78, 5) is 4.24. The van der Waals surface area contributed by atoms with Gasteiger partial charge >= 0.3 is 0 Å². The molecule has 0 saturated heterocycles. The lowest BCUT2D eigenvalue weighted by Gasteiger charge is -2.19. The number of hydrogen-bond acceptors (Lipinski definition) is 2. The van der Waals surface area contributed by atoms with Crippen molar-refractivity contribution in [2.75, 3.05) is 0 Å². The molecule has 0 aliphatic rings. The van der Waals surface area contributed by atoms with Gasteiger partial charge in [0, 0.05) is 12.1 Å². The Morgan fingerprint density at radius 1 is 1.04 bits per heavy atom. The number of halogens is 3. The molecule has 0 bridgehead atoms. The first-order chi connectivity index (χ1) is 12.7. The van der Waals surface area contributed by atoms with Gasteiger partial charge in [0.1, 0.15) is 0 Å². The van der Waals surface area contributed by atoms with Gasteiger partial charge in [-0.1, -0.05) is 51.1 Å². The lowest BCUT2D eigenvalue weighted by molar-refractivity contribution is 0.440. The van der Waals surface area contributed by atoms with Gasteiger partial charge < -0.3 is 5.32 Å². The molecule has 0 amide bonds. The van der Waals surface area contributed by atoms with Crippen molar-refractivity contribution in [1.29, 1.82) is 5.26 Å². The van der Waals surface area contributed by atoms with Crippen molar-refractivity contribution in [1.82, 2.24) is 10.6 Å². The third kappa shape index (κ3) is 5.48. The SMILES string of the molecule is CC(C)(C)c1ccc(CN=C(NC#N)NCc2ccc(F)c(F)c2F)cc1. The number of nitriles is 1. The highest BCUT2D eigenvalue weighted by molar-refractivity contribution is 5.81. The quantitative estimate of drug-likeness (QED) is 0.278. The van der Waals surface area contributed by atoms with E-state index in [1.807, 2.05) is 24.3 Å². The molecule has 0 atom stereocenters. The van der Waals surface area contributed by atoms with Crippen LogP contribution in [0.5, 0.6) is 0 Å². The summed E-state index contributed by atoms with van der Waals surface area (Å²) >= 11 is 0. The lowest BCUT2D eigenvalue weighted by Crippen LogP contribution is -2.34. The Morgan fingerprint density at radius 3 is 2.30 bits per heavy atom. The normalized spacial score (nSPS) is 11.8. The summed E-state index contributed by atoms with van der Waals surface area (Å²) in [6.07, 6.45) is 1.73. The minimum absolute atomic E-state index is 0.0470. The van der Waals surface area contributed by atoms with Crippen molar-refractivity contribution < 1.29 is 13.2 Å². The number of nitrogens with one attached hydrogen (secondary N) is 2. The molecule has 0 unspecified atom stereocenters. The zero-order valence-corrected chi connectivity index (χ0v) is 15.4. The summed E-state index contributed by atoms with van der Waals surface area (Å²) in [7, 11) is 0. The fraction of sp³-hybridized carbons (Fsp3) is 0.300. The number of aliphatic imine (C=N–C) groups is 1. The topological polar surface area (TPSA) is 60.2 Å². The number of nitrogens with zero attached hydrogens (tertiary/aromatic N) is 2. The second-order valence-electron chi connectivity index (χ2n) is 7.04. The van der Waals surface area contributed by atoms with Crippen LogP contribution >= 0.6 is 0 Å². The average Bonchev–Trinajstić information content (AvgIpc) is 2.63. The molecule has 0 spiro atoms. The predicted octanol–water partition coefficient (Wildman–Crippen LogP) is 4.12.